The van der Waals surface area contributed by atoms with Gasteiger partial charge in [-0.15, -0.1) is 0 Å². The number of benzene rings is 1. The molecule has 200 valence electrons. The van der Waals surface area contributed by atoms with Crippen molar-refractivity contribution in [3.63, 3.8) is 0 Å². The van der Waals surface area contributed by atoms with Gasteiger partial charge in [-0.05, 0) is 49.2 Å². The Morgan fingerprint density at radius 1 is 1.16 bits per heavy atom. The lowest BCUT2D eigenvalue weighted by atomic mass is 10.1. The van der Waals surface area contributed by atoms with Crippen LogP contribution in [0.25, 0.3) is 11.3 Å². The van der Waals surface area contributed by atoms with Crippen LogP contribution in [0.4, 0.5) is 23.4 Å². The van der Waals surface area contributed by atoms with Gasteiger partial charge < -0.3 is 21.1 Å². The number of likely N-dealkylation sites (tertiary alicyclic amines) is 1. The Labute approximate surface area is 214 Å². The van der Waals surface area contributed by atoms with Crippen molar-refractivity contribution in [1.29, 1.82) is 0 Å². The average Bonchev–Trinajstić information content (AvgIpc) is 3.24. The highest BCUT2D eigenvalue weighted by Crippen LogP contribution is 2.34. The second-order valence-corrected chi connectivity index (χ2v) is 8.54. The van der Waals surface area contributed by atoms with Gasteiger partial charge in [0, 0.05) is 30.8 Å². The van der Waals surface area contributed by atoms with Crippen LogP contribution in [0.5, 0.6) is 11.6 Å². The minimum absolute atomic E-state index is 0.000937. The maximum atomic E-state index is 12.9. The van der Waals surface area contributed by atoms with E-state index in [0.717, 1.165) is 12.1 Å². The van der Waals surface area contributed by atoms with E-state index in [-0.39, 0.29) is 47.2 Å². The molecule has 4 rings (SSSR count). The number of rotatable bonds is 7. The summed E-state index contributed by atoms with van der Waals surface area (Å²) in [6, 6.07) is 9.05. The molecule has 0 radical (unpaired) electrons. The van der Waals surface area contributed by atoms with Gasteiger partial charge in [0.1, 0.15) is 35.2 Å². The number of hydrogen-bond donors (Lipinski definition) is 2. The first kappa shape index (κ1) is 26.6. The van der Waals surface area contributed by atoms with Gasteiger partial charge in [0.15, 0.2) is 0 Å². The van der Waals surface area contributed by atoms with Crippen LogP contribution in [0.15, 0.2) is 54.6 Å². The van der Waals surface area contributed by atoms with Crippen LogP contribution >= 0.6 is 0 Å². The Bertz CT molecular complexity index is 1350. The number of nitrogens with two attached hydrogens (primary N) is 2. The Kier molecular flexibility index (Phi) is 7.65. The summed E-state index contributed by atoms with van der Waals surface area (Å²) in [4.78, 5) is 29.6. The smallest absolute Gasteiger partial charge is 0.433 e. The number of nitrogen functional groups attached to an aromatic ring is 1. The second-order valence-electron chi connectivity index (χ2n) is 8.54. The molecule has 9 nitrogen and oxygen atoms in total. The van der Waals surface area contributed by atoms with E-state index >= 15 is 0 Å². The van der Waals surface area contributed by atoms with Crippen molar-refractivity contribution in [2.75, 3.05) is 25.5 Å². The molecule has 0 spiro atoms. The zero-order valence-electron chi connectivity index (χ0n) is 20.0. The molecule has 0 unspecified atom stereocenters. The summed E-state index contributed by atoms with van der Waals surface area (Å²) >= 11 is 0. The maximum absolute atomic E-state index is 12.9. The number of carbonyl (C=O) groups is 2. The van der Waals surface area contributed by atoms with Crippen molar-refractivity contribution in [2.24, 2.45) is 5.73 Å². The van der Waals surface area contributed by atoms with E-state index < -0.39 is 24.5 Å². The molecule has 2 aromatic heterocycles. The third-order valence-electron chi connectivity index (χ3n) is 5.96. The first-order valence-corrected chi connectivity index (χ1v) is 11.6. The number of primary amides is 1. The number of halogens is 4. The van der Waals surface area contributed by atoms with Crippen molar-refractivity contribution < 1.29 is 31.9 Å². The number of nitrogens with zero attached hydrogens (tertiary/aromatic N) is 4. The molecule has 1 atom stereocenters. The molecule has 1 aliphatic heterocycles. The first-order valence-electron chi connectivity index (χ1n) is 11.6. The predicted octanol–water partition coefficient (Wildman–Crippen LogP) is 4.13. The first-order chi connectivity index (χ1) is 18.1. The van der Waals surface area contributed by atoms with Crippen molar-refractivity contribution in [3.8, 4) is 22.9 Å². The molecule has 1 saturated heterocycles. The molecule has 2 amide bonds. The van der Waals surface area contributed by atoms with E-state index in [0.29, 0.717) is 24.9 Å². The number of aromatic nitrogens is 3. The molecule has 4 N–H and O–H groups in total. The lowest BCUT2D eigenvalue weighted by Gasteiger charge is -2.32. The fraction of sp³-hybridized carbons (Fsp3) is 0.280. The van der Waals surface area contributed by atoms with Crippen LogP contribution in [0.1, 0.15) is 34.9 Å². The highest BCUT2D eigenvalue weighted by molar-refractivity contribution is 6.03. The van der Waals surface area contributed by atoms with Gasteiger partial charge in [0.2, 0.25) is 11.8 Å². The number of anilines is 1. The van der Waals surface area contributed by atoms with Crippen molar-refractivity contribution in [2.45, 2.75) is 25.1 Å². The highest BCUT2D eigenvalue weighted by Gasteiger charge is 2.33. The van der Waals surface area contributed by atoms with E-state index in [1.807, 2.05) is 0 Å². The lowest BCUT2D eigenvalue weighted by Crippen LogP contribution is -2.40. The van der Waals surface area contributed by atoms with Crippen LogP contribution in [0, 0.1) is 0 Å². The van der Waals surface area contributed by atoms with Crippen molar-refractivity contribution in [3.05, 3.63) is 65.9 Å². The van der Waals surface area contributed by atoms with E-state index in [9.17, 15) is 27.2 Å². The Hall–Kier alpha value is -4.42. The highest BCUT2D eigenvalue weighted by atomic mass is 19.4. The van der Waals surface area contributed by atoms with Crippen molar-refractivity contribution in [1.82, 2.24) is 19.7 Å². The third kappa shape index (κ3) is 5.76. The fourth-order valence-electron chi connectivity index (χ4n) is 4.21. The molecule has 1 fully saturated rings. The van der Waals surface area contributed by atoms with E-state index in [1.165, 1.54) is 35.0 Å². The quantitative estimate of drug-likeness (QED) is 0.348. The van der Waals surface area contributed by atoms with Gasteiger partial charge >= 0.3 is 6.18 Å². The molecule has 38 heavy (non-hydrogen) atoms. The van der Waals surface area contributed by atoms with Gasteiger partial charge in [-0.1, -0.05) is 6.07 Å². The summed E-state index contributed by atoms with van der Waals surface area (Å²) in [6.07, 6.45) is -1.02. The van der Waals surface area contributed by atoms with Gasteiger partial charge in [-0.25, -0.2) is 14.1 Å². The van der Waals surface area contributed by atoms with Gasteiger partial charge in [0.25, 0.3) is 5.91 Å². The van der Waals surface area contributed by atoms with Crippen LogP contribution in [-0.2, 0) is 11.0 Å². The minimum Gasteiger partial charge on any atom is -0.439 e. The van der Waals surface area contributed by atoms with Crippen LogP contribution in [0.2, 0.25) is 0 Å². The summed E-state index contributed by atoms with van der Waals surface area (Å²) < 4.78 is 58.1. The number of allylic oxidation sites excluding steroid dienone is 1. The number of piperidine rings is 1. The topological polar surface area (TPSA) is 129 Å². The number of hydrogen-bond acceptors (Lipinski definition) is 6. The maximum Gasteiger partial charge on any atom is 0.433 e. The summed E-state index contributed by atoms with van der Waals surface area (Å²) in [5.41, 5.74) is 11.5. The molecule has 3 heterocycles. The monoisotopic (exact) mass is 532 g/mol. The number of pyridine rings is 1. The van der Waals surface area contributed by atoms with E-state index in [2.05, 4.69) is 10.1 Å². The van der Waals surface area contributed by atoms with E-state index in [4.69, 9.17) is 16.2 Å². The van der Waals surface area contributed by atoms with Crippen molar-refractivity contribution >= 4 is 17.6 Å². The minimum atomic E-state index is -4.61. The van der Waals surface area contributed by atoms with Gasteiger partial charge in [-0.2, -0.15) is 18.3 Å². The SMILES string of the molecule is NC(=O)c1c(-c2ccc(Oc3cccc(C(F)(F)F)n3)cc2)nn([C@@H]2CCCN(C(=O)C=CCF)C2)c1N. The van der Waals surface area contributed by atoms with Crippen LogP contribution < -0.4 is 16.2 Å². The average molecular weight is 532 g/mol. The molecule has 0 bridgehead atoms. The third-order valence-corrected chi connectivity index (χ3v) is 5.96. The summed E-state index contributed by atoms with van der Waals surface area (Å²) in [5, 5.41) is 4.53. The Balaban J connectivity index is 1.58. The molecule has 0 aliphatic carbocycles. The summed E-state index contributed by atoms with van der Waals surface area (Å²) in [5.74, 6) is -1.13. The number of amides is 2. The number of carbonyl (C=O) groups excluding carboxylic acids is 2. The summed E-state index contributed by atoms with van der Waals surface area (Å²) in [6.45, 7) is 0.00133. The molecular weight excluding hydrogens is 508 g/mol. The van der Waals surface area contributed by atoms with Crippen LogP contribution in [-0.4, -0.2) is 51.2 Å². The fourth-order valence-corrected chi connectivity index (χ4v) is 4.21. The van der Waals surface area contributed by atoms with Gasteiger partial charge in [0.05, 0.1) is 6.04 Å². The number of alkyl halides is 4. The second kappa shape index (κ2) is 10.9. The molecular formula is C25H24F4N6O3. The molecule has 13 heteroatoms. The zero-order valence-corrected chi connectivity index (χ0v) is 20.0. The molecule has 0 saturated carbocycles. The number of ether oxygens (including phenoxy) is 1. The standard InChI is InChI=1S/C25H24F4N6O3/c26-12-2-7-20(36)34-13-3-4-16(14-34)35-23(30)21(24(31)37)22(33-35)15-8-10-17(11-9-15)38-19-6-1-5-18(32-19)25(27,28)29/h1-2,5-11,16H,3-4,12-14,30H2,(H2,31,37)/t16-/m1/s1. The van der Waals surface area contributed by atoms with E-state index in [1.54, 1.807) is 17.0 Å². The Morgan fingerprint density at radius 2 is 1.89 bits per heavy atom. The largest absolute Gasteiger partial charge is 0.439 e. The van der Waals surface area contributed by atoms with Gasteiger partial charge in [-0.3, -0.25) is 9.59 Å². The molecule has 1 aromatic carbocycles. The Morgan fingerprint density at radius 3 is 2.55 bits per heavy atom. The predicted molar refractivity (Wildman–Crippen MR) is 130 cm³/mol. The lowest BCUT2D eigenvalue weighted by molar-refractivity contribution is -0.141. The normalized spacial score (nSPS) is 16.1. The molecule has 3 aromatic rings. The summed E-state index contributed by atoms with van der Waals surface area (Å²) in [7, 11) is 0. The van der Waals surface area contributed by atoms with Crippen LogP contribution in [0.3, 0.4) is 0 Å². The zero-order chi connectivity index (χ0) is 27.4. The molecule has 1 aliphatic rings.